The molecule has 1 aliphatic heterocycles. The summed E-state index contributed by atoms with van der Waals surface area (Å²) in [6.07, 6.45) is 5.58. The Morgan fingerprint density at radius 1 is 0.933 bits per heavy atom. The van der Waals surface area contributed by atoms with E-state index in [1.807, 2.05) is 54.6 Å². The lowest BCUT2D eigenvalue weighted by atomic mass is 10.1. The first kappa shape index (κ1) is 20.1. The number of hydrogen-bond donors (Lipinski definition) is 0. The Morgan fingerprint density at radius 3 is 2.43 bits per heavy atom. The van der Waals surface area contributed by atoms with Crippen LogP contribution in [0.2, 0.25) is 0 Å². The maximum atomic E-state index is 10.5. The molecule has 0 N–H and O–H groups in total. The molecule has 0 radical (unpaired) electrons. The highest BCUT2D eigenvalue weighted by Crippen LogP contribution is 2.27. The van der Waals surface area contributed by atoms with Crippen LogP contribution in [-0.4, -0.2) is 41.9 Å². The van der Waals surface area contributed by atoms with Crippen molar-refractivity contribution in [2.45, 2.75) is 25.4 Å². The maximum Gasteiger partial charge on any atom is 0.219 e. The van der Waals surface area contributed by atoms with Crippen LogP contribution in [0.5, 0.6) is 17.4 Å². The SMILES string of the molecule is O=CCCN1CCC(Oc2ccc(-c3ccnc(Oc4ccccc4)c3)cc2)CC1. The van der Waals surface area contributed by atoms with Gasteiger partial charge in [0.1, 0.15) is 23.9 Å². The maximum absolute atomic E-state index is 10.5. The molecule has 0 spiro atoms. The van der Waals surface area contributed by atoms with Crippen molar-refractivity contribution in [1.29, 1.82) is 0 Å². The number of hydrogen-bond acceptors (Lipinski definition) is 5. The second-order valence-corrected chi connectivity index (χ2v) is 7.44. The molecular formula is C25H26N2O3. The normalized spacial score (nSPS) is 14.9. The number of benzene rings is 2. The summed E-state index contributed by atoms with van der Waals surface area (Å²) in [6.45, 7) is 2.82. The lowest BCUT2D eigenvalue weighted by molar-refractivity contribution is -0.108. The van der Waals surface area contributed by atoms with E-state index in [0.717, 1.165) is 61.4 Å². The second-order valence-electron chi connectivity index (χ2n) is 7.44. The Hall–Kier alpha value is -3.18. The number of carbonyl (C=O) groups excluding carboxylic acids is 1. The average molecular weight is 402 g/mol. The van der Waals surface area contributed by atoms with E-state index < -0.39 is 0 Å². The van der Waals surface area contributed by atoms with E-state index in [1.54, 1.807) is 6.20 Å². The molecule has 0 amide bonds. The number of rotatable bonds is 8. The minimum Gasteiger partial charge on any atom is -0.490 e. The zero-order valence-corrected chi connectivity index (χ0v) is 16.9. The molecule has 1 saturated heterocycles. The molecule has 5 heteroatoms. The average Bonchev–Trinajstić information content (AvgIpc) is 2.80. The Kier molecular flexibility index (Phi) is 6.72. The van der Waals surface area contributed by atoms with Gasteiger partial charge in [0, 0.05) is 38.3 Å². The van der Waals surface area contributed by atoms with Crippen molar-refractivity contribution >= 4 is 6.29 Å². The first-order valence-electron chi connectivity index (χ1n) is 10.4. The topological polar surface area (TPSA) is 51.7 Å². The molecule has 154 valence electrons. The molecule has 0 aliphatic carbocycles. The van der Waals surface area contributed by atoms with Gasteiger partial charge in [0.15, 0.2) is 0 Å². The Labute approximate surface area is 177 Å². The second kappa shape index (κ2) is 10.0. The Balaban J connectivity index is 1.35. The van der Waals surface area contributed by atoms with Gasteiger partial charge in [-0.25, -0.2) is 4.98 Å². The van der Waals surface area contributed by atoms with Gasteiger partial charge >= 0.3 is 0 Å². The molecule has 1 aromatic heterocycles. The fourth-order valence-corrected chi connectivity index (χ4v) is 3.66. The van der Waals surface area contributed by atoms with Crippen LogP contribution in [0.4, 0.5) is 0 Å². The molecule has 0 unspecified atom stereocenters. The van der Waals surface area contributed by atoms with Gasteiger partial charge in [0.05, 0.1) is 0 Å². The van der Waals surface area contributed by atoms with Crippen LogP contribution in [0.15, 0.2) is 72.9 Å². The van der Waals surface area contributed by atoms with Gasteiger partial charge in [-0.2, -0.15) is 0 Å². The highest BCUT2D eigenvalue weighted by molar-refractivity contribution is 5.65. The number of carbonyl (C=O) groups is 1. The van der Waals surface area contributed by atoms with Gasteiger partial charge in [-0.15, -0.1) is 0 Å². The van der Waals surface area contributed by atoms with E-state index in [1.165, 1.54) is 0 Å². The van der Waals surface area contributed by atoms with E-state index >= 15 is 0 Å². The summed E-state index contributed by atoms with van der Waals surface area (Å²) in [7, 11) is 0. The largest absolute Gasteiger partial charge is 0.490 e. The zero-order chi connectivity index (χ0) is 20.6. The molecule has 5 nitrogen and oxygen atoms in total. The molecule has 30 heavy (non-hydrogen) atoms. The van der Waals surface area contributed by atoms with Crippen LogP contribution < -0.4 is 9.47 Å². The highest BCUT2D eigenvalue weighted by atomic mass is 16.5. The van der Waals surface area contributed by atoms with E-state index in [0.29, 0.717) is 12.3 Å². The lowest BCUT2D eigenvalue weighted by Gasteiger charge is -2.31. The number of para-hydroxylation sites is 1. The molecule has 3 aromatic rings. The molecular weight excluding hydrogens is 376 g/mol. The van der Waals surface area contributed by atoms with E-state index in [2.05, 4.69) is 22.0 Å². The standard InChI is InChI=1S/C25H26N2O3/c28-18-4-15-27-16-12-24(13-17-27)29-23-9-7-20(8-10-23)21-11-14-26-25(19-21)30-22-5-2-1-3-6-22/h1-3,5-11,14,18-19,24H,4,12-13,15-17H2. The fourth-order valence-electron chi connectivity index (χ4n) is 3.66. The number of aromatic nitrogens is 1. The first-order chi connectivity index (χ1) is 14.8. The predicted octanol–water partition coefficient (Wildman–Crippen LogP) is 4.97. The first-order valence-corrected chi connectivity index (χ1v) is 10.4. The Bertz CT molecular complexity index is 936. The summed E-state index contributed by atoms with van der Waals surface area (Å²) in [6, 6.07) is 21.7. The third-order valence-electron chi connectivity index (χ3n) is 5.29. The van der Waals surface area contributed by atoms with Gasteiger partial charge < -0.3 is 19.2 Å². The van der Waals surface area contributed by atoms with E-state index in [-0.39, 0.29) is 6.10 Å². The van der Waals surface area contributed by atoms with Crippen LogP contribution in [-0.2, 0) is 4.79 Å². The number of aldehydes is 1. The molecule has 2 heterocycles. The third kappa shape index (κ3) is 5.45. The molecule has 1 fully saturated rings. The van der Waals surface area contributed by atoms with Crippen molar-refractivity contribution in [3.05, 3.63) is 72.9 Å². The summed E-state index contributed by atoms with van der Waals surface area (Å²) >= 11 is 0. The van der Waals surface area contributed by atoms with Gasteiger partial charge in [-0.1, -0.05) is 30.3 Å². The highest BCUT2D eigenvalue weighted by Gasteiger charge is 2.20. The summed E-state index contributed by atoms with van der Waals surface area (Å²) in [5.41, 5.74) is 2.14. The van der Waals surface area contributed by atoms with Crippen LogP contribution in [0.3, 0.4) is 0 Å². The van der Waals surface area contributed by atoms with Crippen LogP contribution in [0.25, 0.3) is 11.1 Å². The minimum atomic E-state index is 0.232. The number of likely N-dealkylation sites (tertiary alicyclic amines) is 1. The van der Waals surface area contributed by atoms with Crippen LogP contribution >= 0.6 is 0 Å². The van der Waals surface area contributed by atoms with Gasteiger partial charge in [0.25, 0.3) is 0 Å². The minimum absolute atomic E-state index is 0.232. The van der Waals surface area contributed by atoms with Gasteiger partial charge in [0.2, 0.25) is 5.88 Å². The van der Waals surface area contributed by atoms with Crippen LogP contribution in [0, 0.1) is 0 Å². The number of ether oxygens (including phenoxy) is 2. The molecule has 4 rings (SSSR count). The molecule has 1 aliphatic rings. The third-order valence-corrected chi connectivity index (χ3v) is 5.29. The van der Waals surface area contributed by atoms with Crippen molar-refractivity contribution < 1.29 is 14.3 Å². The van der Waals surface area contributed by atoms with Crippen molar-refractivity contribution in [2.24, 2.45) is 0 Å². The quantitative estimate of drug-likeness (QED) is 0.498. The van der Waals surface area contributed by atoms with Crippen molar-refractivity contribution in [3.8, 4) is 28.5 Å². The van der Waals surface area contributed by atoms with Crippen molar-refractivity contribution in [1.82, 2.24) is 9.88 Å². The number of pyridine rings is 1. The van der Waals surface area contributed by atoms with E-state index in [9.17, 15) is 4.79 Å². The lowest BCUT2D eigenvalue weighted by Crippen LogP contribution is -2.38. The van der Waals surface area contributed by atoms with Gasteiger partial charge in [-0.05, 0) is 54.3 Å². The van der Waals surface area contributed by atoms with Gasteiger partial charge in [-0.3, -0.25) is 0 Å². The number of nitrogens with zero attached hydrogens (tertiary/aromatic N) is 2. The Morgan fingerprint density at radius 2 is 1.70 bits per heavy atom. The molecule has 0 bridgehead atoms. The number of piperidine rings is 1. The predicted molar refractivity (Wildman–Crippen MR) is 117 cm³/mol. The summed E-state index contributed by atoms with van der Waals surface area (Å²) in [4.78, 5) is 17.2. The monoisotopic (exact) mass is 402 g/mol. The molecule has 0 saturated carbocycles. The zero-order valence-electron chi connectivity index (χ0n) is 16.9. The van der Waals surface area contributed by atoms with Crippen molar-refractivity contribution in [2.75, 3.05) is 19.6 Å². The summed E-state index contributed by atoms with van der Waals surface area (Å²) in [5, 5.41) is 0. The van der Waals surface area contributed by atoms with E-state index in [4.69, 9.17) is 9.47 Å². The van der Waals surface area contributed by atoms with Crippen LogP contribution in [0.1, 0.15) is 19.3 Å². The molecule has 2 aromatic carbocycles. The summed E-state index contributed by atoms with van der Waals surface area (Å²) < 4.78 is 12.0. The smallest absolute Gasteiger partial charge is 0.219 e. The molecule has 0 atom stereocenters. The fraction of sp³-hybridized carbons (Fsp3) is 0.280. The van der Waals surface area contributed by atoms with Crippen molar-refractivity contribution in [3.63, 3.8) is 0 Å². The summed E-state index contributed by atoms with van der Waals surface area (Å²) in [5.74, 6) is 2.23.